The summed E-state index contributed by atoms with van der Waals surface area (Å²) in [4.78, 5) is 12.8. The Morgan fingerprint density at radius 2 is 1.75 bits per heavy atom. The number of benzene rings is 2. The molecule has 0 aromatic heterocycles. The molecule has 8 nitrogen and oxygen atoms in total. The summed E-state index contributed by atoms with van der Waals surface area (Å²) in [6.07, 6.45) is 3.13. The number of ether oxygens (including phenoxy) is 1. The van der Waals surface area contributed by atoms with E-state index in [2.05, 4.69) is 4.72 Å². The molecule has 0 saturated heterocycles. The van der Waals surface area contributed by atoms with Crippen LogP contribution in [0.2, 0.25) is 0 Å². The first-order valence-electron chi connectivity index (χ1n) is 10.6. The van der Waals surface area contributed by atoms with E-state index in [9.17, 15) is 21.6 Å². The second kappa shape index (κ2) is 10.3. The van der Waals surface area contributed by atoms with E-state index in [1.807, 2.05) is 24.3 Å². The van der Waals surface area contributed by atoms with Crippen LogP contribution in [0.3, 0.4) is 0 Å². The lowest BCUT2D eigenvalue weighted by atomic mass is 9.91. The van der Waals surface area contributed by atoms with E-state index >= 15 is 0 Å². The van der Waals surface area contributed by atoms with Crippen molar-refractivity contribution >= 4 is 36.9 Å². The molecular weight excluding hydrogens is 454 g/mol. The Morgan fingerprint density at radius 1 is 1.06 bits per heavy atom. The van der Waals surface area contributed by atoms with Crippen LogP contribution in [-0.2, 0) is 33.9 Å². The molecule has 176 valence electrons. The third-order valence-electron chi connectivity index (χ3n) is 5.55. The van der Waals surface area contributed by atoms with Gasteiger partial charge in [-0.2, -0.15) is 13.1 Å². The Labute approximate surface area is 189 Å². The van der Waals surface area contributed by atoms with Crippen molar-refractivity contribution in [1.82, 2.24) is 4.72 Å². The largest absolute Gasteiger partial charge is 0.465 e. The Kier molecular flexibility index (Phi) is 7.92. The average Bonchev–Trinajstić information content (AvgIpc) is 2.95. The summed E-state index contributed by atoms with van der Waals surface area (Å²) < 4.78 is 62.5. The third kappa shape index (κ3) is 6.50. The van der Waals surface area contributed by atoms with Crippen molar-refractivity contribution in [2.24, 2.45) is 5.92 Å². The number of rotatable bonds is 8. The fourth-order valence-electron chi connectivity index (χ4n) is 4.13. The zero-order chi connectivity index (χ0) is 23.4. The molecule has 0 spiro atoms. The van der Waals surface area contributed by atoms with Crippen molar-refractivity contribution in [3.05, 3.63) is 42.5 Å². The van der Waals surface area contributed by atoms with Crippen LogP contribution in [0.4, 0.5) is 0 Å². The van der Waals surface area contributed by atoms with Gasteiger partial charge in [0.25, 0.3) is 10.1 Å². The summed E-state index contributed by atoms with van der Waals surface area (Å²) >= 11 is 0. The summed E-state index contributed by atoms with van der Waals surface area (Å²) in [6, 6.07) is 11.0. The number of hydrogen-bond acceptors (Lipinski definition) is 7. The van der Waals surface area contributed by atoms with Crippen molar-refractivity contribution in [3.8, 4) is 0 Å². The normalized spacial score (nSPS) is 21.1. The maximum absolute atomic E-state index is 13.2. The molecule has 10 heteroatoms. The molecule has 0 heterocycles. The Morgan fingerprint density at radius 3 is 2.44 bits per heavy atom. The van der Waals surface area contributed by atoms with E-state index in [-0.39, 0.29) is 17.9 Å². The number of carbonyl (C=O) groups is 1. The van der Waals surface area contributed by atoms with Crippen LogP contribution in [0.1, 0.15) is 39.0 Å². The number of hydrogen-bond donors (Lipinski definition) is 1. The quantitative estimate of drug-likeness (QED) is 0.349. The average molecular weight is 484 g/mol. The molecular formula is C22H29NO7S2. The maximum Gasteiger partial charge on any atom is 0.324 e. The van der Waals surface area contributed by atoms with Crippen LogP contribution in [0, 0.1) is 5.92 Å². The SMILES string of the molecule is CCOC(=O)[C@H](NS(=O)(=O)c1ccc2ccccc2c1)C1CCCCC(OS(C)(=O)=O)C1. The van der Waals surface area contributed by atoms with Gasteiger partial charge in [-0.15, -0.1) is 0 Å². The van der Waals surface area contributed by atoms with Gasteiger partial charge in [-0.05, 0) is 55.0 Å². The van der Waals surface area contributed by atoms with E-state index in [4.69, 9.17) is 8.92 Å². The molecule has 2 unspecified atom stereocenters. The predicted molar refractivity (Wildman–Crippen MR) is 121 cm³/mol. The van der Waals surface area contributed by atoms with Gasteiger partial charge in [0.1, 0.15) is 6.04 Å². The molecule has 0 bridgehead atoms. The lowest BCUT2D eigenvalue weighted by Gasteiger charge is -2.27. The van der Waals surface area contributed by atoms with Crippen LogP contribution in [0.25, 0.3) is 10.8 Å². The number of fused-ring (bicyclic) bond motifs is 1. The molecule has 0 amide bonds. The summed E-state index contributed by atoms with van der Waals surface area (Å²) in [6.45, 7) is 1.75. The molecule has 3 atom stereocenters. The summed E-state index contributed by atoms with van der Waals surface area (Å²) in [5.74, 6) is -1.14. The highest BCUT2D eigenvalue weighted by atomic mass is 32.2. The minimum Gasteiger partial charge on any atom is -0.465 e. The van der Waals surface area contributed by atoms with Gasteiger partial charge < -0.3 is 4.74 Å². The molecule has 1 fully saturated rings. The molecule has 0 radical (unpaired) electrons. The third-order valence-corrected chi connectivity index (χ3v) is 7.61. The van der Waals surface area contributed by atoms with Gasteiger partial charge >= 0.3 is 5.97 Å². The maximum atomic E-state index is 13.2. The second-order valence-corrected chi connectivity index (χ2v) is 11.4. The Bertz CT molecular complexity index is 1160. The van der Waals surface area contributed by atoms with Crippen LogP contribution in [-0.4, -0.2) is 47.8 Å². The highest BCUT2D eigenvalue weighted by Gasteiger charge is 2.37. The van der Waals surface area contributed by atoms with Gasteiger partial charge in [0.2, 0.25) is 10.0 Å². The van der Waals surface area contributed by atoms with E-state index in [1.54, 1.807) is 19.1 Å². The molecule has 1 aliphatic carbocycles. The van der Waals surface area contributed by atoms with Crippen LogP contribution >= 0.6 is 0 Å². The van der Waals surface area contributed by atoms with Crippen molar-refractivity contribution in [2.75, 3.05) is 12.9 Å². The standard InChI is InChI=1S/C22H29NO7S2/c1-3-29-22(24)21(18-10-6-7-11-19(14-18)30-31(2,25)26)23-32(27,28)20-13-12-16-8-4-5-9-17(16)15-20/h4-5,8-9,12-13,15,18-19,21,23H,3,6-7,10-11,14H2,1-2H3/t18?,19?,21-/m1/s1. The molecule has 1 N–H and O–H groups in total. The van der Waals surface area contributed by atoms with Gasteiger partial charge in [0.15, 0.2) is 0 Å². The second-order valence-electron chi connectivity index (χ2n) is 8.06. The minimum absolute atomic E-state index is 0.0445. The Hall–Kier alpha value is -2.01. The minimum atomic E-state index is -4.04. The zero-order valence-electron chi connectivity index (χ0n) is 18.2. The van der Waals surface area contributed by atoms with Crippen molar-refractivity contribution < 1.29 is 30.6 Å². The molecule has 1 aliphatic rings. The Balaban J connectivity index is 1.89. The van der Waals surface area contributed by atoms with Crippen LogP contribution < -0.4 is 4.72 Å². The van der Waals surface area contributed by atoms with Gasteiger partial charge in [0, 0.05) is 0 Å². The van der Waals surface area contributed by atoms with E-state index in [1.165, 1.54) is 6.07 Å². The monoisotopic (exact) mass is 483 g/mol. The van der Waals surface area contributed by atoms with E-state index < -0.39 is 44.2 Å². The molecule has 3 rings (SSSR count). The fourth-order valence-corrected chi connectivity index (χ4v) is 6.09. The van der Waals surface area contributed by atoms with Crippen molar-refractivity contribution in [3.63, 3.8) is 0 Å². The lowest BCUT2D eigenvalue weighted by Crippen LogP contribution is -2.47. The molecule has 2 aromatic carbocycles. The topological polar surface area (TPSA) is 116 Å². The number of sulfonamides is 1. The summed E-state index contributed by atoms with van der Waals surface area (Å²) in [7, 11) is -7.71. The van der Waals surface area contributed by atoms with Gasteiger partial charge in [-0.3, -0.25) is 8.98 Å². The molecule has 0 aliphatic heterocycles. The van der Waals surface area contributed by atoms with Crippen molar-refractivity contribution in [1.29, 1.82) is 0 Å². The first-order chi connectivity index (χ1) is 15.1. The van der Waals surface area contributed by atoms with Gasteiger partial charge in [-0.1, -0.05) is 43.2 Å². The number of nitrogens with one attached hydrogen (secondary N) is 1. The molecule has 32 heavy (non-hydrogen) atoms. The van der Waals surface area contributed by atoms with Crippen LogP contribution in [0.5, 0.6) is 0 Å². The highest BCUT2D eigenvalue weighted by molar-refractivity contribution is 7.89. The smallest absolute Gasteiger partial charge is 0.324 e. The highest BCUT2D eigenvalue weighted by Crippen LogP contribution is 2.30. The summed E-state index contributed by atoms with van der Waals surface area (Å²) in [5, 5.41) is 1.66. The zero-order valence-corrected chi connectivity index (χ0v) is 19.8. The number of esters is 1. The lowest BCUT2D eigenvalue weighted by molar-refractivity contribution is -0.146. The van der Waals surface area contributed by atoms with Crippen LogP contribution in [0.15, 0.2) is 47.4 Å². The van der Waals surface area contributed by atoms with Gasteiger partial charge in [-0.25, -0.2) is 8.42 Å². The first kappa shape index (κ1) is 24.6. The van der Waals surface area contributed by atoms with E-state index in [0.717, 1.165) is 29.9 Å². The summed E-state index contributed by atoms with van der Waals surface area (Å²) in [5.41, 5.74) is 0. The molecule has 1 saturated carbocycles. The first-order valence-corrected chi connectivity index (χ1v) is 13.9. The molecule has 2 aromatic rings. The van der Waals surface area contributed by atoms with E-state index in [0.29, 0.717) is 12.8 Å². The predicted octanol–water partition coefficient (Wildman–Crippen LogP) is 2.97. The fraction of sp³-hybridized carbons (Fsp3) is 0.500. The number of carbonyl (C=O) groups excluding carboxylic acids is 1. The van der Waals surface area contributed by atoms with Crippen molar-refractivity contribution in [2.45, 2.75) is 56.1 Å². The van der Waals surface area contributed by atoms with Gasteiger partial charge in [0.05, 0.1) is 23.9 Å².